The Kier molecular flexibility index (Phi) is 6.57. The van der Waals surface area contributed by atoms with Gasteiger partial charge in [-0.25, -0.2) is 9.97 Å². The largest absolute Gasteiger partial charge is 0.378 e. The number of nitrogens with zero attached hydrogens (tertiary/aromatic N) is 5. The highest BCUT2D eigenvalue weighted by molar-refractivity contribution is 6.34. The average molecular weight is 468 g/mol. The Bertz CT molecular complexity index is 1340. The summed E-state index contributed by atoms with van der Waals surface area (Å²) in [5.41, 5.74) is 0.168. The van der Waals surface area contributed by atoms with Crippen molar-refractivity contribution in [3.05, 3.63) is 86.3 Å². The molecule has 1 saturated heterocycles. The molecule has 3 heterocycles. The molecule has 0 unspecified atom stereocenters. The van der Waals surface area contributed by atoms with Crippen molar-refractivity contribution in [1.82, 2.24) is 9.97 Å². The SMILES string of the molecule is O=[N+]([O-])c1cccc2c(Cl)nccc12.O=[N+]([O-])c1cccc2c(N3CCOCC3)nccc12. The zero-order valence-electron chi connectivity index (χ0n) is 17.3. The molecule has 0 atom stereocenters. The van der Waals surface area contributed by atoms with Crippen LogP contribution in [0.3, 0.4) is 0 Å². The Labute approximate surface area is 192 Å². The lowest BCUT2D eigenvalue weighted by atomic mass is 10.1. The van der Waals surface area contributed by atoms with E-state index < -0.39 is 4.92 Å². The molecule has 1 aliphatic heterocycles. The van der Waals surface area contributed by atoms with Crippen LogP contribution in [-0.2, 0) is 4.74 Å². The number of anilines is 1. The van der Waals surface area contributed by atoms with Crippen LogP contribution in [0, 0.1) is 20.2 Å². The molecule has 0 radical (unpaired) electrons. The summed E-state index contributed by atoms with van der Waals surface area (Å²) in [4.78, 5) is 31.3. The number of benzene rings is 2. The standard InChI is InChI=1S/C13H13N3O3.C9H5ClN2O2/c17-16(18)12-3-1-2-11-10(12)4-5-14-13(11)15-6-8-19-9-7-15;10-9-7-2-1-3-8(12(13)14)6(7)4-5-11-9/h1-5H,6-9H2;1-5H. The number of halogens is 1. The van der Waals surface area contributed by atoms with Gasteiger partial charge in [-0.1, -0.05) is 35.9 Å². The third-order valence-electron chi connectivity index (χ3n) is 5.20. The highest BCUT2D eigenvalue weighted by Crippen LogP contribution is 2.31. The summed E-state index contributed by atoms with van der Waals surface area (Å²) in [5.74, 6) is 0.796. The second kappa shape index (κ2) is 9.72. The third-order valence-corrected chi connectivity index (χ3v) is 5.50. The smallest absolute Gasteiger partial charge is 0.277 e. The summed E-state index contributed by atoms with van der Waals surface area (Å²) in [5, 5.41) is 24.6. The van der Waals surface area contributed by atoms with Gasteiger partial charge in [0.05, 0.1) is 33.8 Å². The monoisotopic (exact) mass is 467 g/mol. The number of rotatable bonds is 3. The zero-order chi connectivity index (χ0) is 23.4. The number of ether oxygens (including phenoxy) is 1. The minimum Gasteiger partial charge on any atom is -0.378 e. The summed E-state index contributed by atoms with van der Waals surface area (Å²) in [7, 11) is 0. The van der Waals surface area contributed by atoms with Gasteiger partial charge in [0.15, 0.2) is 0 Å². The molecule has 0 bridgehead atoms. The van der Waals surface area contributed by atoms with Crippen LogP contribution in [0.2, 0.25) is 5.15 Å². The molecule has 2 aromatic heterocycles. The molecule has 0 saturated carbocycles. The number of morpholine rings is 1. The molecule has 1 aliphatic rings. The molecule has 33 heavy (non-hydrogen) atoms. The number of aromatic nitrogens is 2. The lowest BCUT2D eigenvalue weighted by molar-refractivity contribution is -0.383. The van der Waals surface area contributed by atoms with Crippen LogP contribution in [0.4, 0.5) is 17.2 Å². The maximum atomic E-state index is 11.1. The van der Waals surface area contributed by atoms with Crippen molar-refractivity contribution >= 4 is 50.3 Å². The van der Waals surface area contributed by atoms with E-state index >= 15 is 0 Å². The fraction of sp³-hybridized carbons (Fsp3) is 0.182. The minimum absolute atomic E-state index is 0.0480. The van der Waals surface area contributed by atoms with E-state index in [1.807, 2.05) is 6.07 Å². The highest BCUT2D eigenvalue weighted by atomic mass is 35.5. The minimum atomic E-state index is -0.432. The molecular weight excluding hydrogens is 450 g/mol. The number of hydrogen-bond acceptors (Lipinski definition) is 8. The Morgan fingerprint density at radius 3 is 1.94 bits per heavy atom. The molecule has 0 N–H and O–H groups in total. The molecule has 0 amide bonds. The number of nitro groups is 2. The van der Waals surface area contributed by atoms with Crippen molar-refractivity contribution in [2.24, 2.45) is 0 Å². The first-order valence-electron chi connectivity index (χ1n) is 10.00. The molecule has 168 valence electrons. The highest BCUT2D eigenvalue weighted by Gasteiger charge is 2.18. The van der Waals surface area contributed by atoms with Crippen LogP contribution < -0.4 is 4.90 Å². The normalized spacial score (nSPS) is 13.4. The van der Waals surface area contributed by atoms with Gasteiger partial charge in [0.1, 0.15) is 11.0 Å². The average Bonchev–Trinajstić information content (AvgIpc) is 2.84. The lowest BCUT2D eigenvalue weighted by Gasteiger charge is -2.28. The maximum Gasteiger partial charge on any atom is 0.277 e. The van der Waals surface area contributed by atoms with E-state index in [0.717, 1.165) is 24.3 Å². The second-order valence-electron chi connectivity index (χ2n) is 7.09. The molecule has 10 nitrogen and oxygen atoms in total. The molecule has 5 rings (SSSR count). The van der Waals surface area contributed by atoms with Gasteiger partial charge in [0.25, 0.3) is 11.4 Å². The molecule has 11 heteroatoms. The molecule has 2 aromatic carbocycles. The molecule has 1 fully saturated rings. The van der Waals surface area contributed by atoms with Crippen LogP contribution in [0.5, 0.6) is 0 Å². The van der Waals surface area contributed by atoms with Crippen molar-refractivity contribution in [3.63, 3.8) is 0 Å². The van der Waals surface area contributed by atoms with E-state index in [-0.39, 0.29) is 21.5 Å². The van der Waals surface area contributed by atoms with Crippen molar-refractivity contribution < 1.29 is 14.6 Å². The van der Waals surface area contributed by atoms with Crippen molar-refractivity contribution in [2.75, 3.05) is 31.2 Å². The van der Waals surface area contributed by atoms with E-state index in [1.54, 1.807) is 36.5 Å². The van der Waals surface area contributed by atoms with E-state index in [2.05, 4.69) is 14.9 Å². The van der Waals surface area contributed by atoms with E-state index in [0.29, 0.717) is 29.4 Å². The summed E-state index contributed by atoms with van der Waals surface area (Å²) in [6.45, 7) is 2.84. The first kappa shape index (κ1) is 22.3. The Balaban J connectivity index is 0.000000165. The van der Waals surface area contributed by atoms with E-state index in [4.69, 9.17) is 16.3 Å². The van der Waals surface area contributed by atoms with Crippen LogP contribution in [0.1, 0.15) is 0 Å². The maximum absolute atomic E-state index is 11.1. The topological polar surface area (TPSA) is 125 Å². The predicted molar refractivity (Wildman–Crippen MR) is 125 cm³/mol. The summed E-state index contributed by atoms with van der Waals surface area (Å²) in [6.07, 6.45) is 3.08. The number of non-ortho nitro benzene ring substituents is 2. The zero-order valence-corrected chi connectivity index (χ0v) is 18.0. The number of pyridine rings is 2. The number of fused-ring (bicyclic) bond motifs is 2. The van der Waals surface area contributed by atoms with E-state index in [9.17, 15) is 20.2 Å². The van der Waals surface area contributed by atoms with Crippen LogP contribution in [0.15, 0.2) is 60.9 Å². The van der Waals surface area contributed by atoms with Gasteiger partial charge in [0.2, 0.25) is 0 Å². The van der Waals surface area contributed by atoms with Crippen LogP contribution in [-0.4, -0.2) is 46.1 Å². The Hall–Kier alpha value is -3.89. The van der Waals surface area contributed by atoms with Gasteiger partial charge in [-0.15, -0.1) is 0 Å². The third kappa shape index (κ3) is 4.66. The van der Waals surface area contributed by atoms with Gasteiger partial charge >= 0.3 is 0 Å². The number of hydrogen-bond donors (Lipinski definition) is 0. The van der Waals surface area contributed by atoms with Gasteiger partial charge in [-0.2, -0.15) is 0 Å². The number of nitro benzene ring substituents is 2. The summed E-state index contributed by atoms with van der Waals surface area (Å²) in [6, 6.07) is 13.1. The second-order valence-corrected chi connectivity index (χ2v) is 7.45. The molecule has 0 spiro atoms. The predicted octanol–water partition coefficient (Wildman–Crippen LogP) is 4.78. The first-order chi connectivity index (χ1) is 16.0. The quantitative estimate of drug-likeness (QED) is 0.239. The summed E-state index contributed by atoms with van der Waals surface area (Å²) >= 11 is 5.80. The van der Waals surface area contributed by atoms with Crippen LogP contribution in [0.25, 0.3) is 21.5 Å². The van der Waals surface area contributed by atoms with Gasteiger partial charge in [-0.3, -0.25) is 20.2 Å². The summed E-state index contributed by atoms with van der Waals surface area (Å²) < 4.78 is 5.32. The van der Waals surface area contributed by atoms with Crippen molar-refractivity contribution in [2.45, 2.75) is 0 Å². The molecule has 0 aliphatic carbocycles. The Morgan fingerprint density at radius 2 is 1.33 bits per heavy atom. The lowest BCUT2D eigenvalue weighted by Crippen LogP contribution is -2.36. The Morgan fingerprint density at radius 1 is 0.788 bits per heavy atom. The van der Waals surface area contributed by atoms with Gasteiger partial charge < -0.3 is 9.64 Å². The van der Waals surface area contributed by atoms with E-state index in [1.165, 1.54) is 18.3 Å². The molecule has 4 aromatic rings. The van der Waals surface area contributed by atoms with Crippen molar-refractivity contribution in [3.8, 4) is 0 Å². The van der Waals surface area contributed by atoms with Gasteiger partial charge in [-0.05, 0) is 12.1 Å². The van der Waals surface area contributed by atoms with Crippen molar-refractivity contribution in [1.29, 1.82) is 0 Å². The fourth-order valence-corrected chi connectivity index (χ4v) is 3.90. The van der Waals surface area contributed by atoms with Crippen LogP contribution >= 0.6 is 11.6 Å². The first-order valence-corrected chi connectivity index (χ1v) is 10.4. The van der Waals surface area contributed by atoms with Gasteiger partial charge in [0, 0.05) is 48.4 Å². The molecular formula is C22H18ClN5O5. The fourth-order valence-electron chi connectivity index (χ4n) is 3.68.